The van der Waals surface area contributed by atoms with Gasteiger partial charge < -0.3 is 24.5 Å². The molecule has 1 heterocycles. The van der Waals surface area contributed by atoms with Gasteiger partial charge in [0.15, 0.2) is 0 Å². The smallest absolute Gasteiger partial charge is 0.331 e. The van der Waals surface area contributed by atoms with Crippen molar-refractivity contribution in [3.8, 4) is 0 Å². The van der Waals surface area contributed by atoms with Gasteiger partial charge in [-0.3, -0.25) is 4.79 Å². The molecular weight excluding hydrogens is 412 g/mol. The van der Waals surface area contributed by atoms with Crippen LogP contribution in [0.2, 0.25) is 0 Å². The van der Waals surface area contributed by atoms with E-state index < -0.39 is 16.6 Å². The van der Waals surface area contributed by atoms with Gasteiger partial charge >= 0.3 is 11.9 Å². The molecule has 0 radical (unpaired) electrons. The quantitative estimate of drug-likeness (QED) is 0.506. The van der Waals surface area contributed by atoms with Gasteiger partial charge in [0.2, 0.25) is 0 Å². The van der Waals surface area contributed by atoms with Crippen molar-refractivity contribution in [3.63, 3.8) is 0 Å². The van der Waals surface area contributed by atoms with Gasteiger partial charge in [0, 0.05) is 19.4 Å². The van der Waals surface area contributed by atoms with Crippen molar-refractivity contribution in [2.75, 3.05) is 6.61 Å². The number of hydrogen-bond donors (Lipinski definition) is 2. The Morgan fingerprint density at radius 3 is 2.53 bits per heavy atom. The van der Waals surface area contributed by atoms with Crippen molar-refractivity contribution in [2.45, 2.75) is 88.9 Å². The maximum absolute atomic E-state index is 12.7. The van der Waals surface area contributed by atoms with Crippen LogP contribution in [0.5, 0.6) is 0 Å². The first-order valence-electron chi connectivity index (χ1n) is 12.0. The van der Waals surface area contributed by atoms with E-state index in [1.165, 1.54) is 6.92 Å². The van der Waals surface area contributed by atoms with Gasteiger partial charge in [-0.2, -0.15) is 0 Å². The van der Waals surface area contributed by atoms with Crippen LogP contribution in [-0.4, -0.2) is 52.4 Å². The topological polar surface area (TPSA) is 110 Å². The maximum atomic E-state index is 12.7. The summed E-state index contributed by atoms with van der Waals surface area (Å²) in [6.45, 7) is 3.82. The van der Waals surface area contributed by atoms with Crippen LogP contribution in [0, 0.1) is 28.6 Å². The number of fused-ring (bicyclic) bond motifs is 5. The molecule has 4 fully saturated rings. The first-order valence-corrected chi connectivity index (χ1v) is 12.0. The molecule has 2 N–H and O–H groups in total. The molecule has 0 aromatic carbocycles. The molecule has 7 nitrogen and oxygen atoms in total. The van der Waals surface area contributed by atoms with Gasteiger partial charge in [-0.25, -0.2) is 4.79 Å². The summed E-state index contributed by atoms with van der Waals surface area (Å²) in [5.41, 5.74) is -2.41. The Kier molecular flexibility index (Phi) is 4.92. The minimum Gasteiger partial charge on any atom is -0.462 e. The second-order valence-corrected chi connectivity index (χ2v) is 11.4. The molecule has 0 spiro atoms. The Hall–Kier alpha value is -1.73. The molecule has 7 heteroatoms. The van der Waals surface area contributed by atoms with Gasteiger partial charge in [0.05, 0.1) is 16.6 Å². The molecule has 0 unspecified atom stereocenters. The number of cyclic esters (lactones) is 1. The van der Waals surface area contributed by atoms with E-state index in [4.69, 9.17) is 9.47 Å². The molecule has 0 amide bonds. The third kappa shape index (κ3) is 2.89. The average molecular weight is 447 g/mol. The summed E-state index contributed by atoms with van der Waals surface area (Å²) in [5.74, 6) is -0.765. The third-order valence-corrected chi connectivity index (χ3v) is 10.00. The monoisotopic (exact) mass is 446 g/mol. The Morgan fingerprint density at radius 1 is 1.12 bits per heavy atom. The second kappa shape index (κ2) is 7.13. The molecule has 4 saturated carbocycles. The van der Waals surface area contributed by atoms with Crippen molar-refractivity contribution in [1.29, 1.82) is 0 Å². The molecule has 1 aliphatic heterocycles. The predicted molar refractivity (Wildman–Crippen MR) is 113 cm³/mol. The molecule has 5 rings (SSSR count). The van der Waals surface area contributed by atoms with Crippen LogP contribution in [-0.2, 0) is 23.9 Å². The fourth-order valence-electron chi connectivity index (χ4n) is 8.44. The SMILES string of the molecule is CC(=O)O[C@@H]1CC[C@]2(C=O)[C@H]3CC[C@]4(C)C[C@H](C5=CC(=O)OC5)C[C@@]4(O)[C@@H]3CC[C@]2(O)C1. The highest BCUT2D eigenvalue weighted by Crippen LogP contribution is 2.69. The summed E-state index contributed by atoms with van der Waals surface area (Å²) in [5, 5.41) is 23.9. The van der Waals surface area contributed by atoms with E-state index in [0.717, 1.165) is 31.1 Å². The number of hydrogen-bond acceptors (Lipinski definition) is 7. The zero-order chi connectivity index (χ0) is 22.9. The minimum absolute atomic E-state index is 0.0828. The Morgan fingerprint density at radius 2 is 1.88 bits per heavy atom. The highest BCUT2D eigenvalue weighted by molar-refractivity contribution is 5.85. The maximum Gasteiger partial charge on any atom is 0.331 e. The van der Waals surface area contributed by atoms with Crippen molar-refractivity contribution in [1.82, 2.24) is 0 Å². The fourth-order valence-corrected chi connectivity index (χ4v) is 8.44. The fraction of sp³-hybridized carbons (Fsp3) is 0.800. The number of rotatable bonds is 3. The summed E-state index contributed by atoms with van der Waals surface area (Å²) < 4.78 is 10.5. The van der Waals surface area contributed by atoms with E-state index >= 15 is 0 Å². The number of carbonyl (C=O) groups excluding carboxylic acids is 3. The minimum atomic E-state index is -1.22. The number of esters is 2. The van der Waals surface area contributed by atoms with E-state index in [1.54, 1.807) is 6.08 Å². The summed E-state index contributed by atoms with van der Waals surface area (Å²) in [7, 11) is 0. The Balaban J connectivity index is 1.45. The van der Waals surface area contributed by atoms with E-state index in [-0.39, 0.29) is 47.6 Å². The van der Waals surface area contributed by atoms with Crippen molar-refractivity contribution in [2.24, 2.45) is 28.6 Å². The van der Waals surface area contributed by atoms with E-state index in [0.29, 0.717) is 38.7 Å². The molecule has 5 aliphatic rings. The van der Waals surface area contributed by atoms with Gasteiger partial charge in [-0.15, -0.1) is 0 Å². The van der Waals surface area contributed by atoms with Crippen molar-refractivity contribution < 1.29 is 34.1 Å². The molecule has 0 saturated heterocycles. The second-order valence-electron chi connectivity index (χ2n) is 11.4. The highest BCUT2D eigenvalue weighted by Gasteiger charge is 2.70. The first kappa shape index (κ1) is 22.1. The number of aldehydes is 1. The van der Waals surface area contributed by atoms with Crippen molar-refractivity contribution in [3.05, 3.63) is 11.6 Å². The molecule has 8 atom stereocenters. The lowest BCUT2D eigenvalue weighted by atomic mass is 9.42. The van der Waals surface area contributed by atoms with Crippen LogP contribution in [0.4, 0.5) is 0 Å². The molecule has 4 aliphatic carbocycles. The Labute approximate surface area is 188 Å². The lowest BCUT2D eigenvalue weighted by molar-refractivity contribution is -0.247. The number of aliphatic hydroxyl groups is 2. The van der Waals surface area contributed by atoms with E-state index in [9.17, 15) is 24.6 Å². The Bertz CT molecular complexity index is 882. The summed E-state index contributed by atoms with van der Waals surface area (Å²) in [6.07, 6.45) is 7.44. The zero-order valence-electron chi connectivity index (χ0n) is 19.0. The van der Waals surface area contributed by atoms with Gasteiger partial charge in [0.25, 0.3) is 0 Å². The van der Waals surface area contributed by atoms with Gasteiger partial charge in [-0.05, 0) is 80.1 Å². The molecule has 0 aromatic rings. The first-order chi connectivity index (χ1) is 15.1. The molecule has 0 aromatic heterocycles. The highest BCUT2D eigenvalue weighted by atomic mass is 16.5. The summed E-state index contributed by atoms with van der Waals surface area (Å²) in [6, 6.07) is 0. The molecular formula is C25H34O7. The van der Waals surface area contributed by atoms with Crippen LogP contribution in [0.15, 0.2) is 11.6 Å². The summed E-state index contributed by atoms with van der Waals surface area (Å²) in [4.78, 5) is 35.8. The lowest BCUT2D eigenvalue weighted by Crippen LogP contribution is -2.68. The standard InChI is InChI=1S/C25H34O7/c1-15(27)32-18-3-7-23(14-26)19-4-6-22(2)10-17(16-9-21(28)31-13-16)11-25(22,30)20(19)5-8-24(23,29)12-18/h9,14,17-20,29-30H,3-8,10-13H2,1-2H3/t17-,18+,19-,20+,22+,23-,24-,25+/m0/s1. The van der Waals surface area contributed by atoms with Crippen LogP contribution in [0.3, 0.4) is 0 Å². The van der Waals surface area contributed by atoms with Crippen LogP contribution >= 0.6 is 0 Å². The summed E-state index contributed by atoms with van der Waals surface area (Å²) >= 11 is 0. The van der Waals surface area contributed by atoms with Crippen LogP contribution < -0.4 is 0 Å². The molecule has 32 heavy (non-hydrogen) atoms. The molecule has 176 valence electrons. The zero-order valence-corrected chi connectivity index (χ0v) is 19.0. The van der Waals surface area contributed by atoms with Crippen LogP contribution in [0.25, 0.3) is 0 Å². The average Bonchev–Trinajstić information content (AvgIpc) is 3.27. The van der Waals surface area contributed by atoms with E-state index in [1.807, 2.05) is 0 Å². The van der Waals surface area contributed by atoms with Crippen molar-refractivity contribution >= 4 is 18.2 Å². The largest absolute Gasteiger partial charge is 0.462 e. The van der Waals surface area contributed by atoms with Gasteiger partial charge in [0.1, 0.15) is 19.0 Å². The van der Waals surface area contributed by atoms with Gasteiger partial charge in [-0.1, -0.05) is 6.92 Å². The third-order valence-electron chi connectivity index (χ3n) is 10.00. The normalized spacial score (nSPS) is 49.9. The number of carbonyl (C=O) groups is 3. The molecule has 0 bridgehead atoms. The van der Waals surface area contributed by atoms with E-state index in [2.05, 4.69) is 6.92 Å². The lowest BCUT2D eigenvalue weighted by Gasteiger charge is -2.64. The predicted octanol–water partition coefficient (Wildman–Crippen LogP) is 2.47. The van der Waals surface area contributed by atoms with Crippen LogP contribution in [0.1, 0.15) is 71.6 Å². The number of ether oxygens (including phenoxy) is 2.